The van der Waals surface area contributed by atoms with Crippen LogP contribution < -0.4 is 10.6 Å². The van der Waals surface area contributed by atoms with E-state index in [0.717, 1.165) is 17.8 Å². The lowest BCUT2D eigenvalue weighted by Crippen LogP contribution is -2.27. The molecular weight excluding hydrogens is 332 g/mol. The number of carbonyl (C=O) groups is 2. The number of carbonyl (C=O) groups excluding carboxylic acids is 2. The van der Waals surface area contributed by atoms with Gasteiger partial charge in [-0.1, -0.05) is 37.2 Å². The predicted octanol–water partition coefficient (Wildman–Crippen LogP) is 3.09. The van der Waals surface area contributed by atoms with Crippen LogP contribution in [0.1, 0.15) is 47.3 Å². The van der Waals surface area contributed by atoms with Crippen LogP contribution in [0.2, 0.25) is 0 Å². The molecule has 2 amide bonds. The number of thiophene rings is 1. The van der Waals surface area contributed by atoms with Gasteiger partial charge in [-0.25, -0.2) is 0 Å². The Morgan fingerprint density at radius 3 is 2.87 bits per heavy atom. The monoisotopic (exact) mass is 352 g/mol. The number of amides is 2. The Balaban J connectivity index is 1.67. The van der Waals surface area contributed by atoms with Crippen molar-refractivity contribution < 1.29 is 9.59 Å². The maximum absolute atomic E-state index is 11.8. The number of hydrogen-bond acceptors (Lipinski definition) is 6. The Hall–Kier alpha value is -1.80. The zero-order valence-corrected chi connectivity index (χ0v) is 14.6. The molecule has 0 aliphatic carbocycles. The highest BCUT2D eigenvalue weighted by Gasteiger charge is 2.10. The van der Waals surface area contributed by atoms with Crippen molar-refractivity contribution in [1.29, 1.82) is 0 Å². The first-order valence-corrected chi connectivity index (χ1v) is 9.32. The van der Waals surface area contributed by atoms with Crippen molar-refractivity contribution in [1.82, 2.24) is 15.5 Å². The molecule has 124 valence electrons. The fourth-order valence-corrected chi connectivity index (χ4v) is 3.34. The Morgan fingerprint density at radius 2 is 2.13 bits per heavy atom. The zero-order chi connectivity index (χ0) is 16.5. The average Bonchev–Trinajstić information content (AvgIpc) is 3.19. The van der Waals surface area contributed by atoms with Gasteiger partial charge in [0.2, 0.25) is 11.0 Å². The molecule has 0 unspecified atom stereocenters. The third-order valence-electron chi connectivity index (χ3n) is 3.09. The summed E-state index contributed by atoms with van der Waals surface area (Å²) in [6.45, 7) is 2.45. The number of nitrogens with zero attached hydrogens (tertiary/aromatic N) is 2. The van der Waals surface area contributed by atoms with Crippen molar-refractivity contribution in [2.24, 2.45) is 0 Å². The highest BCUT2D eigenvalue weighted by Crippen LogP contribution is 2.17. The van der Waals surface area contributed by atoms with E-state index in [1.807, 2.05) is 11.4 Å². The first kappa shape index (κ1) is 17.6. The lowest BCUT2D eigenvalue weighted by molar-refractivity contribution is -0.116. The van der Waals surface area contributed by atoms with Crippen LogP contribution in [-0.2, 0) is 11.2 Å². The van der Waals surface area contributed by atoms with E-state index in [2.05, 4.69) is 27.8 Å². The molecule has 0 bridgehead atoms. The number of hydrogen-bond donors (Lipinski definition) is 2. The molecule has 0 fully saturated rings. The van der Waals surface area contributed by atoms with Gasteiger partial charge in [-0.3, -0.25) is 9.59 Å². The van der Waals surface area contributed by atoms with Crippen LogP contribution in [0.3, 0.4) is 0 Å². The molecular formula is C15H20N4O2S2. The van der Waals surface area contributed by atoms with E-state index in [-0.39, 0.29) is 18.2 Å². The summed E-state index contributed by atoms with van der Waals surface area (Å²) in [6.07, 6.45) is 4.54. The van der Waals surface area contributed by atoms with E-state index in [4.69, 9.17) is 0 Å². The Bertz CT molecular complexity index is 625. The van der Waals surface area contributed by atoms with Crippen LogP contribution in [0.4, 0.5) is 5.13 Å². The summed E-state index contributed by atoms with van der Waals surface area (Å²) in [6, 6.07) is 3.57. The lowest BCUT2D eigenvalue weighted by Gasteiger charge is -2.03. The average molecular weight is 352 g/mol. The van der Waals surface area contributed by atoms with E-state index < -0.39 is 0 Å². The van der Waals surface area contributed by atoms with E-state index in [9.17, 15) is 9.59 Å². The van der Waals surface area contributed by atoms with Gasteiger partial charge in [0.15, 0.2) is 0 Å². The molecule has 0 radical (unpaired) electrons. The number of anilines is 1. The van der Waals surface area contributed by atoms with Crippen LogP contribution in [-0.4, -0.2) is 28.6 Å². The van der Waals surface area contributed by atoms with Gasteiger partial charge in [0.1, 0.15) is 5.01 Å². The maximum atomic E-state index is 11.8. The summed E-state index contributed by atoms with van der Waals surface area (Å²) in [5, 5.41) is 16.8. The summed E-state index contributed by atoms with van der Waals surface area (Å²) in [7, 11) is 0. The Labute approximate surface area is 143 Å². The van der Waals surface area contributed by atoms with Gasteiger partial charge in [0.25, 0.3) is 5.91 Å². The van der Waals surface area contributed by atoms with Crippen LogP contribution in [0.15, 0.2) is 17.5 Å². The third kappa shape index (κ3) is 6.07. The van der Waals surface area contributed by atoms with Gasteiger partial charge < -0.3 is 10.6 Å². The molecule has 8 heteroatoms. The normalized spacial score (nSPS) is 10.5. The second kappa shape index (κ2) is 9.36. The Kier molecular flexibility index (Phi) is 7.15. The van der Waals surface area contributed by atoms with Crippen molar-refractivity contribution in [2.75, 3.05) is 11.9 Å². The van der Waals surface area contributed by atoms with Gasteiger partial charge in [0.05, 0.1) is 4.88 Å². The minimum absolute atomic E-state index is 0.151. The van der Waals surface area contributed by atoms with Gasteiger partial charge in [-0.15, -0.1) is 21.5 Å². The second-order valence-electron chi connectivity index (χ2n) is 4.99. The Morgan fingerprint density at radius 1 is 1.26 bits per heavy atom. The van der Waals surface area contributed by atoms with Crippen molar-refractivity contribution >= 4 is 39.6 Å². The number of nitrogens with one attached hydrogen (secondary N) is 2. The van der Waals surface area contributed by atoms with Gasteiger partial charge >= 0.3 is 0 Å². The fraction of sp³-hybridized carbons (Fsp3) is 0.467. The van der Waals surface area contributed by atoms with E-state index in [1.165, 1.54) is 35.5 Å². The third-order valence-corrected chi connectivity index (χ3v) is 4.86. The van der Waals surface area contributed by atoms with Crippen LogP contribution in [0.5, 0.6) is 0 Å². The topological polar surface area (TPSA) is 84.0 Å². The van der Waals surface area contributed by atoms with Gasteiger partial charge in [-0.05, 0) is 17.9 Å². The van der Waals surface area contributed by atoms with Gasteiger partial charge in [0, 0.05) is 19.4 Å². The smallest absolute Gasteiger partial charge is 0.261 e. The van der Waals surface area contributed by atoms with Crippen molar-refractivity contribution in [3.8, 4) is 0 Å². The molecule has 23 heavy (non-hydrogen) atoms. The van der Waals surface area contributed by atoms with Gasteiger partial charge in [-0.2, -0.15) is 0 Å². The van der Waals surface area contributed by atoms with Crippen LogP contribution in [0.25, 0.3) is 0 Å². The SMILES string of the molecule is CCCCCc1nnc(NC(=O)CCNC(=O)c2cccs2)s1. The van der Waals surface area contributed by atoms with Crippen LogP contribution in [0, 0.1) is 0 Å². The van der Waals surface area contributed by atoms with E-state index in [1.54, 1.807) is 6.07 Å². The minimum atomic E-state index is -0.173. The van der Waals surface area contributed by atoms with E-state index in [0.29, 0.717) is 16.6 Å². The maximum Gasteiger partial charge on any atom is 0.261 e. The molecule has 2 aromatic rings. The first-order chi connectivity index (χ1) is 11.2. The fourth-order valence-electron chi connectivity index (χ4n) is 1.90. The number of rotatable bonds is 9. The lowest BCUT2D eigenvalue weighted by atomic mass is 10.2. The quantitative estimate of drug-likeness (QED) is 0.679. The highest BCUT2D eigenvalue weighted by molar-refractivity contribution is 7.15. The molecule has 2 N–H and O–H groups in total. The zero-order valence-electron chi connectivity index (χ0n) is 13.0. The van der Waals surface area contributed by atoms with Crippen molar-refractivity contribution in [3.63, 3.8) is 0 Å². The first-order valence-electron chi connectivity index (χ1n) is 7.63. The molecule has 0 atom stereocenters. The second-order valence-corrected chi connectivity index (χ2v) is 7.00. The summed E-state index contributed by atoms with van der Waals surface area (Å²) in [4.78, 5) is 24.2. The predicted molar refractivity (Wildman–Crippen MR) is 93.0 cm³/mol. The molecule has 2 rings (SSSR count). The van der Waals surface area contributed by atoms with E-state index >= 15 is 0 Å². The summed E-state index contributed by atoms with van der Waals surface area (Å²) < 4.78 is 0. The van der Waals surface area contributed by atoms with Crippen molar-refractivity contribution in [2.45, 2.75) is 39.0 Å². The van der Waals surface area contributed by atoms with Crippen LogP contribution >= 0.6 is 22.7 Å². The summed E-state index contributed by atoms with van der Waals surface area (Å²) in [5.41, 5.74) is 0. The molecule has 0 aromatic carbocycles. The molecule has 0 saturated carbocycles. The minimum Gasteiger partial charge on any atom is -0.351 e. The summed E-state index contributed by atoms with van der Waals surface area (Å²) >= 11 is 2.78. The molecule has 0 aliphatic rings. The number of unbranched alkanes of at least 4 members (excludes halogenated alkanes) is 2. The molecule has 0 aliphatic heterocycles. The largest absolute Gasteiger partial charge is 0.351 e. The molecule has 0 saturated heterocycles. The standard InChI is InChI=1S/C15H20N4O2S2/c1-2-3-4-7-13-18-19-15(23-13)17-12(20)8-9-16-14(21)11-6-5-10-22-11/h5-6,10H,2-4,7-9H2,1H3,(H,16,21)(H,17,19,20). The molecule has 0 spiro atoms. The number of aryl methyl sites for hydroxylation is 1. The molecule has 2 heterocycles. The molecule has 2 aromatic heterocycles. The number of aromatic nitrogens is 2. The highest BCUT2D eigenvalue weighted by atomic mass is 32.1. The molecule has 6 nitrogen and oxygen atoms in total. The summed E-state index contributed by atoms with van der Waals surface area (Å²) in [5.74, 6) is -0.324. The van der Waals surface area contributed by atoms with Crippen molar-refractivity contribution in [3.05, 3.63) is 27.4 Å².